The molecule has 7 heteroatoms. The van der Waals surface area contributed by atoms with Crippen molar-refractivity contribution >= 4 is 31.8 Å². The Morgan fingerprint density at radius 3 is 2.45 bits per heavy atom. The van der Waals surface area contributed by atoms with Crippen LogP contribution in [0, 0.1) is 0 Å². The molecule has 5 nitrogen and oxygen atoms in total. The van der Waals surface area contributed by atoms with Gasteiger partial charge in [-0.25, -0.2) is 8.42 Å². The topological polar surface area (TPSA) is 72.2 Å². The molecule has 1 aromatic heterocycles. The van der Waals surface area contributed by atoms with Crippen LogP contribution in [-0.2, 0) is 15.4 Å². The number of aromatic nitrogens is 1. The second-order valence-electron chi connectivity index (χ2n) is 5.36. The van der Waals surface area contributed by atoms with Gasteiger partial charge in [-0.3, -0.25) is 4.72 Å². The summed E-state index contributed by atoms with van der Waals surface area (Å²) >= 11 is 3.22. The van der Waals surface area contributed by atoms with E-state index in [0.717, 1.165) is 0 Å². The Kier molecular flexibility index (Phi) is 3.93. The Morgan fingerprint density at radius 1 is 1.25 bits per heavy atom. The van der Waals surface area contributed by atoms with Gasteiger partial charge in [-0.1, -0.05) is 38.1 Å². The van der Waals surface area contributed by atoms with Crippen LogP contribution in [0.25, 0.3) is 0 Å². The first kappa shape index (κ1) is 15.1. The lowest BCUT2D eigenvalue weighted by Crippen LogP contribution is -2.14. The Labute approximate surface area is 126 Å². The van der Waals surface area contributed by atoms with Crippen molar-refractivity contribution < 1.29 is 12.9 Å². The second-order valence-corrected chi connectivity index (χ2v) is 7.87. The van der Waals surface area contributed by atoms with E-state index in [4.69, 9.17) is 4.52 Å². The lowest BCUT2D eigenvalue weighted by molar-refractivity contribution is 0.331. The van der Waals surface area contributed by atoms with Crippen molar-refractivity contribution in [2.24, 2.45) is 0 Å². The van der Waals surface area contributed by atoms with Crippen molar-refractivity contribution in [3.8, 4) is 0 Å². The SMILES string of the molecule is CC(C)(C)c1cc(NS(=O)(=O)c2ccccc2Br)no1. The van der Waals surface area contributed by atoms with Crippen LogP contribution >= 0.6 is 15.9 Å². The third-order valence-corrected chi connectivity index (χ3v) is 4.98. The number of nitrogens with zero attached hydrogens (tertiary/aromatic N) is 1. The first-order chi connectivity index (χ1) is 9.20. The number of sulfonamides is 1. The van der Waals surface area contributed by atoms with Gasteiger partial charge in [-0.05, 0) is 28.1 Å². The highest BCUT2D eigenvalue weighted by Gasteiger charge is 2.23. The van der Waals surface area contributed by atoms with Crippen LogP contribution in [0.1, 0.15) is 26.5 Å². The molecule has 0 aliphatic carbocycles. The largest absolute Gasteiger partial charge is 0.359 e. The maximum atomic E-state index is 12.3. The molecule has 0 fully saturated rings. The number of nitrogens with one attached hydrogen (secondary N) is 1. The highest BCUT2D eigenvalue weighted by atomic mass is 79.9. The van der Waals surface area contributed by atoms with Gasteiger partial charge in [0.2, 0.25) is 0 Å². The van der Waals surface area contributed by atoms with E-state index in [2.05, 4.69) is 25.8 Å². The molecule has 0 radical (unpaired) electrons. The molecule has 0 saturated carbocycles. The van der Waals surface area contributed by atoms with E-state index in [9.17, 15) is 8.42 Å². The molecular weight excluding hydrogens is 344 g/mol. The smallest absolute Gasteiger partial charge is 0.264 e. The van der Waals surface area contributed by atoms with Crippen LogP contribution in [-0.4, -0.2) is 13.6 Å². The molecule has 0 aliphatic rings. The molecule has 0 atom stereocenters. The van der Waals surface area contributed by atoms with Crippen LogP contribution in [0.15, 0.2) is 44.2 Å². The number of rotatable bonds is 3. The van der Waals surface area contributed by atoms with E-state index in [1.54, 1.807) is 24.3 Å². The number of anilines is 1. The highest BCUT2D eigenvalue weighted by Crippen LogP contribution is 2.27. The zero-order valence-electron chi connectivity index (χ0n) is 11.3. The maximum Gasteiger partial charge on any atom is 0.264 e. The quantitative estimate of drug-likeness (QED) is 0.910. The van der Waals surface area contributed by atoms with E-state index in [0.29, 0.717) is 10.2 Å². The summed E-state index contributed by atoms with van der Waals surface area (Å²) in [6.45, 7) is 5.87. The van der Waals surface area contributed by atoms with Gasteiger partial charge in [0, 0.05) is 16.0 Å². The standard InChI is InChI=1S/C13H15BrN2O3S/c1-13(2,3)11-8-12(15-19-11)16-20(17,18)10-7-5-4-6-9(10)14/h4-8H,1-3H3,(H,15,16). The molecular formula is C13H15BrN2O3S. The van der Waals surface area contributed by atoms with Gasteiger partial charge in [0.1, 0.15) is 10.7 Å². The fourth-order valence-corrected chi connectivity index (χ4v) is 3.52. The van der Waals surface area contributed by atoms with Crippen molar-refractivity contribution in [1.29, 1.82) is 0 Å². The lowest BCUT2D eigenvalue weighted by Gasteiger charge is -2.12. The van der Waals surface area contributed by atoms with Crippen molar-refractivity contribution in [2.45, 2.75) is 31.1 Å². The molecule has 0 amide bonds. The monoisotopic (exact) mass is 358 g/mol. The van der Waals surface area contributed by atoms with Crippen molar-refractivity contribution in [3.05, 3.63) is 40.6 Å². The minimum Gasteiger partial charge on any atom is -0.359 e. The molecule has 0 aliphatic heterocycles. The molecule has 0 unspecified atom stereocenters. The molecule has 0 spiro atoms. The minimum absolute atomic E-state index is 0.153. The molecule has 0 bridgehead atoms. The lowest BCUT2D eigenvalue weighted by atomic mass is 9.93. The fraction of sp³-hybridized carbons (Fsp3) is 0.308. The predicted octanol–water partition coefficient (Wildman–Crippen LogP) is 3.54. The highest BCUT2D eigenvalue weighted by molar-refractivity contribution is 9.10. The van der Waals surface area contributed by atoms with E-state index in [-0.39, 0.29) is 16.1 Å². The summed E-state index contributed by atoms with van der Waals surface area (Å²) in [6.07, 6.45) is 0. The van der Waals surface area contributed by atoms with Crippen molar-refractivity contribution in [1.82, 2.24) is 5.16 Å². The molecule has 1 heterocycles. The van der Waals surface area contributed by atoms with Crippen LogP contribution in [0.3, 0.4) is 0 Å². The third kappa shape index (κ3) is 3.21. The van der Waals surface area contributed by atoms with E-state index in [1.165, 1.54) is 6.07 Å². The Bertz CT molecular complexity index is 717. The van der Waals surface area contributed by atoms with E-state index in [1.807, 2.05) is 20.8 Å². The summed E-state index contributed by atoms with van der Waals surface area (Å²) in [5, 5.41) is 3.74. The Morgan fingerprint density at radius 2 is 1.90 bits per heavy atom. The average molecular weight is 359 g/mol. The van der Waals surface area contributed by atoms with E-state index < -0.39 is 10.0 Å². The summed E-state index contributed by atoms with van der Waals surface area (Å²) in [7, 11) is -3.70. The Hall–Kier alpha value is -1.34. The summed E-state index contributed by atoms with van der Waals surface area (Å²) in [5.74, 6) is 0.785. The van der Waals surface area contributed by atoms with Crippen LogP contribution in [0.4, 0.5) is 5.82 Å². The maximum absolute atomic E-state index is 12.3. The van der Waals surface area contributed by atoms with Gasteiger partial charge >= 0.3 is 0 Å². The zero-order chi connectivity index (χ0) is 15.0. The molecule has 2 rings (SSSR count). The van der Waals surface area contributed by atoms with Gasteiger partial charge in [0.25, 0.3) is 10.0 Å². The van der Waals surface area contributed by atoms with Crippen LogP contribution in [0.5, 0.6) is 0 Å². The van der Waals surface area contributed by atoms with Gasteiger partial charge < -0.3 is 4.52 Å². The number of hydrogen-bond donors (Lipinski definition) is 1. The summed E-state index contributed by atoms with van der Waals surface area (Å²) in [6, 6.07) is 8.17. The molecule has 20 heavy (non-hydrogen) atoms. The zero-order valence-corrected chi connectivity index (χ0v) is 13.7. The number of hydrogen-bond acceptors (Lipinski definition) is 4. The van der Waals surface area contributed by atoms with Gasteiger partial charge in [-0.2, -0.15) is 0 Å². The van der Waals surface area contributed by atoms with Crippen molar-refractivity contribution in [3.63, 3.8) is 0 Å². The normalized spacial score (nSPS) is 12.4. The number of halogens is 1. The minimum atomic E-state index is -3.70. The third-order valence-electron chi connectivity index (χ3n) is 2.61. The van der Waals surface area contributed by atoms with Gasteiger partial charge in [0.05, 0.1) is 0 Å². The van der Waals surface area contributed by atoms with Gasteiger partial charge in [-0.15, -0.1) is 0 Å². The number of benzene rings is 1. The van der Waals surface area contributed by atoms with Crippen molar-refractivity contribution in [2.75, 3.05) is 4.72 Å². The first-order valence-electron chi connectivity index (χ1n) is 5.95. The van der Waals surface area contributed by atoms with Crippen LogP contribution in [0.2, 0.25) is 0 Å². The Balaban J connectivity index is 2.30. The molecule has 1 N–H and O–H groups in total. The van der Waals surface area contributed by atoms with E-state index >= 15 is 0 Å². The summed E-state index contributed by atoms with van der Waals surface area (Å²) < 4.78 is 32.6. The summed E-state index contributed by atoms with van der Waals surface area (Å²) in [5.41, 5.74) is -0.232. The first-order valence-corrected chi connectivity index (χ1v) is 8.22. The second kappa shape index (κ2) is 5.21. The predicted molar refractivity (Wildman–Crippen MR) is 80.2 cm³/mol. The van der Waals surface area contributed by atoms with Gasteiger partial charge in [0.15, 0.2) is 5.82 Å². The summed E-state index contributed by atoms with van der Waals surface area (Å²) in [4.78, 5) is 0.153. The fourth-order valence-electron chi connectivity index (χ4n) is 1.53. The molecule has 0 saturated heterocycles. The average Bonchev–Trinajstić information content (AvgIpc) is 2.76. The molecule has 108 valence electrons. The molecule has 1 aromatic carbocycles. The van der Waals surface area contributed by atoms with Crippen LogP contribution < -0.4 is 4.72 Å². The molecule has 2 aromatic rings.